The van der Waals surface area contributed by atoms with E-state index in [0.29, 0.717) is 18.4 Å². The summed E-state index contributed by atoms with van der Waals surface area (Å²) in [5, 5.41) is 2.28. The summed E-state index contributed by atoms with van der Waals surface area (Å²) >= 11 is 0. The molecule has 0 aliphatic heterocycles. The second-order valence-corrected chi connectivity index (χ2v) is 8.29. The SMILES string of the molecule is CCOc1ccc(S(=O)(=O)N(CC(=O)Nc2ccc(F)cc2F)c2ccccc2)cc1. The maximum Gasteiger partial charge on any atom is 0.264 e. The molecule has 0 unspecified atom stereocenters. The first-order valence-corrected chi connectivity index (χ1v) is 10.8. The number of sulfonamides is 1. The van der Waals surface area contributed by atoms with Gasteiger partial charge >= 0.3 is 0 Å². The van der Waals surface area contributed by atoms with Crippen LogP contribution in [0.4, 0.5) is 20.2 Å². The Morgan fingerprint density at radius 1 is 1.00 bits per heavy atom. The molecule has 0 fully saturated rings. The van der Waals surface area contributed by atoms with Crippen molar-refractivity contribution in [1.82, 2.24) is 0 Å². The van der Waals surface area contributed by atoms with Gasteiger partial charge in [-0.1, -0.05) is 18.2 Å². The lowest BCUT2D eigenvalue weighted by Crippen LogP contribution is -2.38. The van der Waals surface area contributed by atoms with Crippen LogP contribution in [-0.2, 0) is 14.8 Å². The lowest BCUT2D eigenvalue weighted by atomic mass is 10.3. The standard InChI is InChI=1S/C22H20F2N2O4S/c1-2-30-18-9-11-19(12-10-18)31(28,29)26(17-6-4-3-5-7-17)15-22(27)25-21-13-8-16(23)14-20(21)24/h3-14H,2,15H2,1H3,(H,25,27). The van der Waals surface area contributed by atoms with Gasteiger partial charge in [-0.15, -0.1) is 0 Å². The molecule has 3 aromatic rings. The zero-order chi connectivity index (χ0) is 22.4. The van der Waals surface area contributed by atoms with Gasteiger partial charge in [0.2, 0.25) is 5.91 Å². The van der Waals surface area contributed by atoms with E-state index in [0.717, 1.165) is 16.4 Å². The van der Waals surface area contributed by atoms with Crippen molar-refractivity contribution in [3.8, 4) is 5.75 Å². The van der Waals surface area contributed by atoms with Gasteiger partial charge in [0.05, 0.1) is 22.9 Å². The van der Waals surface area contributed by atoms with E-state index in [-0.39, 0.29) is 16.3 Å². The zero-order valence-electron chi connectivity index (χ0n) is 16.6. The molecule has 0 spiro atoms. The van der Waals surface area contributed by atoms with Gasteiger partial charge in [-0.25, -0.2) is 17.2 Å². The van der Waals surface area contributed by atoms with E-state index in [4.69, 9.17) is 4.74 Å². The lowest BCUT2D eigenvalue weighted by molar-refractivity contribution is -0.114. The Morgan fingerprint density at radius 3 is 2.29 bits per heavy atom. The van der Waals surface area contributed by atoms with Gasteiger partial charge in [-0.3, -0.25) is 9.10 Å². The summed E-state index contributed by atoms with van der Waals surface area (Å²) in [5.74, 6) is -2.03. The van der Waals surface area contributed by atoms with Crippen molar-refractivity contribution in [3.63, 3.8) is 0 Å². The van der Waals surface area contributed by atoms with Gasteiger partial charge in [0.15, 0.2) is 0 Å². The molecule has 1 amide bonds. The van der Waals surface area contributed by atoms with Crippen LogP contribution in [0.3, 0.4) is 0 Å². The average molecular weight is 446 g/mol. The molecule has 0 saturated heterocycles. The Balaban J connectivity index is 1.90. The summed E-state index contributed by atoms with van der Waals surface area (Å²) in [4.78, 5) is 12.5. The number of anilines is 2. The van der Waals surface area contributed by atoms with Gasteiger partial charge in [-0.05, 0) is 55.5 Å². The Hall–Kier alpha value is -3.46. The molecule has 3 rings (SSSR count). The van der Waals surface area contributed by atoms with Crippen LogP contribution < -0.4 is 14.4 Å². The molecule has 0 heterocycles. The summed E-state index contributed by atoms with van der Waals surface area (Å²) in [7, 11) is -4.13. The molecule has 162 valence electrons. The van der Waals surface area contributed by atoms with Crippen molar-refractivity contribution in [3.05, 3.63) is 84.4 Å². The summed E-state index contributed by atoms with van der Waals surface area (Å²) < 4.78 is 59.8. The van der Waals surface area contributed by atoms with E-state index >= 15 is 0 Å². The van der Waals surface area contributed by atoms with Gasteiger partial charge in [0.1, 0.15) is 23.9 Å². The van der Waals surface area contributed by atoms with Gasteiger partial charge in [0, 0.05) is 6.07 Å². The van der Waals surface area contributed by atoms with Crippen LogP contribution in [0.2, 0.25) is 0 Å². The fraction of sp³-hybridized carbons (Fsp3) is 0.136. The molecule has 0 aromatic heterocycles. The maximum absolute atomic E-state index is 13.9. The first-order chi connectivity index (χ1) is 14.8. The third-order valence-corrected chi connectivity index (χ3v) is 6.05. The zero-order valence-corrected chi connectivity index (χ0v) is 17.4. The van der Waals surface area contributed by atoms with Crippen molar-refractivity contribution >= 4 is 27.3 Å². The monoisotopic (exact) mass is 446 g/mol. The predicted octanol–water partition coefficient (Wildman–Crippen LogP) is 4.20. The highest BCUT2D eigenvalue weighted by Gasteiger charge is 2.27. The molecule has 6 nitrogen and oxygen atoms in total. The minimum Gasteiger partial charge on any atom is -0.494 e. The first kappa shape index (κ1) is 22.2. The third kappa shape index (κ3) is 5.37. The molecular weight excluding hydrogens is 426 g/mol. The minimum atomic E-state index is -4.13. The normalized spacial score (nSPS) is 11.1. The summed E-state index contributed by atoms with van der Waals surface area (Å²) in [6, 6.07) is 16.5. The van der Waals surface area contributed by atoms with E-state index in [2.05, 4.69) is 5.32 Å². The number of nitrogens with one attached hydrogen (secondary N) is 1. The van der Waals surface area contributed by atoms with Crippen molar-refractivity contribution in [2.45, 2.75) is 11.8 Å². The molecular formula is C22H20F2N2O4S. The number of carbonyl (C=O) groups excluding carboxylic acids is 1. The van der Waals surface area contributed by atoms with Crippen LogP contribution in [0.1, 0.15) is 6.92 Å². The summed E-state index contributed by atoms with van der Waals surface area (Å²) in [6.07, 6.45) is 0. The van der Waals surface area contributed by atoms with E-state index in [1.54, 1.807) is 18.2 Å². The third-order valence-electron chi connectivity index (χ3n) is 4.26. The second kappa shape index (κ2) is 9.57. The molecule has 31 heavy (non-hydrogen) atoms. The van der Waals surface area contributed by atoms with Crippen LogP contribution in [0.25, 0.3) is 0 Å². The fourth-order valence-corrected chi connectivity index (χ4v) is 4.24. The average Bonchev–Trinajstić information content (AvgIpc) is 2.75. The number of nitrogens with zero attached hydrogens (tertiary/aromatic N) is 1. The second-order valence-electron chi connectivity index (χ2n) is 6.42. The molecule has 0 radical (unpaired) electrons. The Labute approximate surface area is 179 Å². The number of carbonyl (C=O) groups is 1. The van der Waals surface area contributed by atoms with Crippen molar-refractivity contribution in [1.29, 1.82) is 0 Å². The molecule has 0 aliphatic carbocycles. The molecule has 9 heteroatoms. The van der Waals surface area contributed by atoms with Crippen LogP contribution >= 0.6 is 0 Å². The van der Waals surface area contributed by atoms with Crippen molar-refractivity contribution in [2.24, 2.45) is 0 Å². The Morgan fingerprint density at radius 2 is 1.68 bits per heavy atom. The van der Waals surface area contributed by atoms with Gasteiger partial charge in [-0.2, -0.15) is 0 Å². The van der Waals surface area contributed by atoms with Gasteiger partial charge < -0.3 is 10.1 Å². The topological polar surface area (TPSA) is 75.7 Å². The maximum atomic E-state index is 13.9. The lowest BCUT2D eigenvalue weighted by Gasteiger charge is -2.24. The summed E-state index contributed by atoms with van der Waals surface area (Å²) in [5.41, 5.74) is 0.00369. The van der Waals surface area contributed by atoms with E-state index in [1.807, 2.05) is 6.92 Å². The number of amides is 1. The minimum absolute atomic E-state index is 0.0411. The highest BCUT2D eigenvalue weighted by Crippen LogP contribution is 2.25. The highest BCUT2D eigenvalue weighted by molar-refractivity contribution is 7.92. The molecule has 1 N–H and O–H groups in total. The van der Waals surface area contributed by atoms with E-state index in [1.165, 1.54) is 36.4 Å². The van der Waals surface area contributed by atoms with Crippen molar-refractivity contribution in [2.75, 3.05) is 22.8 Å². The first-order valence-electron chi connectivity index (χ1n) is 9.37. The fourth-order valence-electron chi connectivity index (χ4n) is 2.82. The quantitative estimate of drug-likeness (QED) is 0.563. The van der Waals surface area contributed by atoms with Crippen LogP contribution in [0, 0.1) is 11.6 Å². The molecule has 3 aromatic carbocycles. The van der Waals surface area contributed by atoms with Crippen LogP contribution in [-0.4, -0.2) is 27.5 Å². The summed E-state index contributed by atoms with van der Waals surface area (Å²) in [6.45, 7) is 1.63. The van der Waals surface area contributed by atoms with Gasteiger partial charge in [0.25, 0.3) is 10.0 Å². The highest BCUT2D eigenvalue weighted by atomic mass is 32.2. The van der Waals surface area contributed by atoms with Crippen LogP contribution in [0.15, 0.2) is 77.7 Å². The van der Waals surface area contributed by atoms with Crippen LogP contribution in [0.5, 0.6) is 5.75 Å². The Bertz CT molecular complexity index is 1150. The number of para-hydroxylation sites is 1. The number of hydrogen-bond donors (Lipinski definition) is 1. The molecule has 0 saturated carbocycles. The smallest absolute Gasteiger partial charge is 0.264 e. The molecule has 0 bridgehead atoms. The number of benzene rings is 3. The number of rotatable bonds is 8. The van der Waals surface area contributed by atoms with E-state index < -0.39 is 34.1 Å². The van der Waals surface area contributed by atoms with Crippen molar-refractivity contribution < 1.29 is 26.7 Å². The van der Waals surface area contributed by atoms with E-state index in [9.17, 15) is 22.0 Å². The number of hydrogen-bond acceptors (Lipinski definition) is 4. The number of ether oxygens (including phenoxy) is 1. The Kier molecular flexibility index (Phi) is 6.86. The molecule has 0 aliphatic rings. The largest absolute Gasteiger partial charge is 0.494 e. The molecule has 0 atom stereocenters. The number of halogens is 2. The predicted molar refractivity (Wildman–Crippen MR) is 114 cm³/mol.